The standard InChI is InChI=1S/C19H17N3O3/c1-22(2)14-9-10-20-17(12-14)13-5-3-6-15(11-13)25-18-8-4-7-16(21-18)19(23)24/h3-12H,1-2H3,(H,23,24). The summed E-state index contributed by atoms with van der Waals surface area (Å²) in [5.41, 5.74) is 2.71. The van der Waals surface area contributed by atoms with E-state index in [0.717, 1.165) is 16.9 Å². The second-order valence-electron chi connectivity index (χ2n) is 5.59. The SMILES string of the molecule is CN(C)c1ccnc(-c2cccc(Oc3cccc(C(=O)O)n3)c2)c1. The Morgan fingerprint density at radius 2 is 1.88 bits per heavy atom. The van der Waals surface area contributed by atoms with Crippen molar-refractivity contribution in [2.45, 2.75) is 0 Å². The molecule has 6 nitrogen and oxygen atoms in total. The first-order valence-electron chi connectivity index (χ1n) is 7.65. The van der Waals surface area contributed by atoms with E-state index in [1.165, 1.54) is 6.07 Å². The maximum atomic E-state index is 11.0. The number of anilines is 1. The van der Waals surface area contributed by atoms with Crippen molar-refractivity contribution in [1.29, 1.82) is 0 Å². The Morgan fingerprint density at radius 1 is 1.08 bits per heavy atom. The number of rotatable bonds is 5. The van der Waals surface area contributed by atoms with Crippen LogP contribution in [0.1, 0.15) is 10.5 Å². The van der Waals surface area contributed by atoms with Gasteiger partial charge in [0.2, 0.25) is 5.88 Å². The number of nitrogens with zero attached hydrogens (tertiary/aromatic N) is 3. The number of aromatic carboxylic acids is 1. The minimum atomic E-state index is -1.09. The molecule has 0 atom stereocenters. The molecule has 1 N–H and O–H groups in total. The topological polar surface area (TPSA) is 75.6 Å². The van der Waals surface area contributed by atoms with Crippen molar-refractivity contribution in [3.63, 3.8) is 0 Å². The van der Waals surface area contributed by atoms with Gasteiger partial charge in [-0.15, -0.1) is 0 Å². The first-order chi connectivity index (χ1) is 12.0. The zero-order valence-corrected chi connectivity index (χ0v) is 13.9. The summed E-state index contributed by atoms with van der Waals surface area (Å²) in [4.78, 5) is 21.4. The number of carboxylic acids is 1. The third-order valence-electron chi connectivity index (χ3n) is 3.55. The van der Waals surface area contributed by atoms with Crippen LogP contribution in [0.2, 0.25) is 0 Å². The number of pyridine rings is 2. The molecule has 6 heteroatoms. The number of hydrogen-bond acceptors (Lipinski definition) is 5. The van der Waals surface area contributed by atoms with E-state index in [1.807, 2.05) is 49.3 Å². The Labute approximate surface area is 145 Å². The van der Waals surface area contributed by atoms with Crippen molar-refractivity contribution in [3.8, 4) is 22.9 Å². The number of benzene rings is 1. The van der Waals surface area contributed by atoms with E-state index in [0.29, 0.717) is 5.75 Å². The molecule has 0 fully saturated rings. The van der Waals surface area contributed by atoms with Crippen LogP contribution in [-0.4, -0.2) is 35.1 Å². The number of carboxylic acid groups (broad SMARTS) is 1. The normalized spacial score (nSPS) is 10.3. The third kappa shape index (κ3) is 3.92. The first kappa shape index (κ1) is 16.4. The summed E-state index contributed by atoms with van der Waals surface area (Å²) in [5, 5.41) is 9.01. The van der Waals surface area contributed by atoms with Crippen LogP contribution >= 0.6 is 0 Å². The Bertz CT molecular complexity index is 910. The molecule has 0 aliphatic heterocycles. The molecule has 25 heavy (non-hydrogen) atoms. The Kier molecular flexibility index (Phi) is 4.61. The Hall–Kier alpha value is -3.41. The molecule has 0 saturated heterocycles. The summed E-state index contributed by atoms with van der Waals surface area (Å²) in [6.07, 6.45) is 1.76. The Morgan fingerprint density at radius 3 is 2.64 bits per heavy atom. The highest BCUT2D eigenvalue weighted by atomic mass is 16.5. The van der Waals surface area contributed by atoms with Gasteiger partial charge in [-0.05, 0) is 30.3 Å². The van der Waals surface area contributed by atoms with Gasteiger partial charge < -0.3 is 14.7 Å². The summed E-state index contributed by atoms with van der Waals surface area (Å²) in [5.74, 6) is -0.305. The quantitative estimate of drug-likeness (QED) is 0.766. The summed E-state index contributed by atoms with van der Waals surface area (Å²) >= 11 is 0. The lowest BCUT2D eigenvalue weighted by Crippen LogP contribution is -2.08. The monoisotopic (exact) mass is 335 g/mol. The van der Waals surface area contributed by atoms with Crippen molar-refractivity contribution in [1.82, 2.24) is 9.97 Å². The molecule has 0 spiro atoms. The fourth-order valence-electron chi connectivity index (χ4n) is 2.29. The van der Waals surface area contributed by atoms with E-state index in [2.05, 4.69) is 9.97 Å². The fraction of sp³-hybridized carbons (Fsp3) is 0.105. The molecule has 0 unspecified atom stereocenters. The number of aromatic nitrogens is 2. The lowest BCUT2D eigenvalue weighted by molar-refractivity contribution is 0.0689. The molecule has 126 valence electrons. The van der Waals surface area contributed by atoms with Gasteiger partial charge >= 0.3 is 5.97 Å². The van der Waals surface area contributed by atoms with Crippen LogP contribution in [0.25, 0.3) is 11.3 Å². The van der Waals surface area contributed by atoms with Gasteiger partial charge in [0.15, 0.2) is 5.69 Å². The molecule has 0 aliphatic rings. The van der Waals surface area contributed by atoms with Crippen LogP contribution in [-0.2, 0) is 0 Å². The molecule has 3 aromatic rings. The number of ether oxygens (including phenoxy) is 1. The molecule has 0 aliphatic carbocycles. The molecule has 3 rings (SSSR count). The predicted molar refractivity (Wildman–Crippen MR) is 95.3 cm³/mol. The molecule has 2 aromatic heterocycles. The van der Waals surface area contributed by atoms with E-state index < -0.39 is 5.97 Å². The average Bonchev–Trinajstić information content (AvgIpc) is 2.62. The highest BCUT2D eigenvalue weighted by Crippen LogP contribution is 2.27. The molecule has 0 bridgehead atoms. The lowest BCUT2D eigenvalue weighted by atomic mass is 10.1. The van der Waals surface area contributed by atoms with Gasteiger partial charge in [0, 0.05) is 37.6 Å². The van der Waals surface area contributed by atoms with Crippen molar-refractivity contribution in [2.24, 2.45) is 0 Å². The molecule has 0 amide bonds. The number of hydrogen-bond donors (Lipinski definition) is 1. The second kappa shape index (κ2) is 7.00. The van der Waals surface area contributed by atoms with E-state index in [1.54, 1.807) is 24.4 Å². The maximum Gasteiger partial charge on any atom is 0.354 e. The van der Waals surface area contributed by atoms with E-state index >= 15 is 0 Å². The van der Waals surface area contributed by atoms with E-state index in [4.69, 9.17) is 9.84 Å². The minimum Gasteiger partial charge on any atom is -0.477 e. The zero-order chi connectivity index (χ0) is 17.8. The smallest absolute Gasteiger partial charge is 0.354 e. The average molecular weight is 335 g/mol. The van der Waals surface area contributed by atoms with Gasteiger partial charge in [-0.2, -0.15) is 0 Å². The molecule has 0 radical (unpaired) electrons. The van der Waals surface area contributed by atoms with Crippen LogP contribution in [0, 0.1) is 0 Å². The second-order valence-corrected chi connectivity index (χ2v) is 5.59. The van der Waals surface area contributed by atoms with Gasteiger partial charge in [-0.25, -0.2) is 9.78 Å². The van der Waals surface area contributed by atoms with Crippen molar-refractivity contribution >= 4 is 11.7 Å². The van der Waals surface area contributed by atoms with Crippen molar-refractivity contribution < 1.29 is 14.6 Å². The summed E-state index contributed by atoms with van der Waals surface area (Å²) < 4.78 is 5.70. The van der Waals surface area contributed by atoms with Crippen LogP contribution in [0.3, 0.4) is 0 Å². The van der Waals surface area contributed by atoms with Gasteiger partial charge in [0.1, 0.15) is 5.75 Å². The van der Waals surface area contributed by atoms with Crippen molar-refractivity contribution in [3.05, 3.63) is 66.5 Å². The number of carbonyl (C=O) groups is 1. The summed E-state index contributed by atoms with van der Waals surface area (Å²) in [6.45, 7) is 0. The third-order valence-corrected chi connectivity index (χ3v) is 3.55. The van der Waals surface area contributed by atoms with E-state index in [9.17, 15) is 4.79 Å². The first-order valence-corrected chi connectivity index (χ1v) is 7.65. The van der Waals surface area contributed by atoms with Crippen LogP contribution < -0.4 is 9.64 Å². The molecular formula is C19H17N3O3. The Balaban J connectivity index is 1.88. The van der Waals surface area contributed by atoms with Crippen LogP contribution in [0.5, 0.6) is 11.6 Å². The summed E-state index contributed by atoms with van der Waals surface area (Å²) in [7, 11) is 3.94. The molecule has 2 heterocycles. The largest absolute Gasteiger partial charge is 0.477 e. The zero-order valence-electron chi connectivity index (χ0n) is 13.9. The molecule has 1 aromatic carbocycles. The minimum absolute atomic E-state index is 0.0611. The lowest BCUT2D eigenvalue weighted by Gasteiger charge is -2.13. The van der Waals surface area contributed by atoms with Gasteiger partial charge in [0.25, 0.3) is 0 Å². The van der Waals surface area contributed by atoms with E-state index in [-0.39, 0.29) is 11.6 Å². The van der Waals surface area contributed by atoms with Gasteiger partial charge in [-0.1, -0.05) is 18.2 Å². The van der Waals surface area contributed by atoms with Gasteiger partial charge in [0.05, 0.1) is 5.69 Å². The predicted octanol–water partition coefficient (Wildman–Crippen LogP) is 3.70. The fourth-order valence-corrected chi connectivity index (χ4v) is 2.29. The van der Waals surface area contributed by atoms with Crippen LogP contribution in [0.4, 0.5) is 5.69 Å². The summed E-state index contributed by atoms with van der Waals surface area (Å²) in [6, 6.07) is 16.0. The highest BCUT2D eigenvalue weighted by Gasteiger charge is 2.08. The molecule has 0 saturated carbocycles. The van der Waals surface area contributed by atoms with Crippen molar-refractivity contribution in [2.75, 3.05) is 19.0 Å². The maximum absolute atomic E-state index is 11.0. The van der Waals surface area contributed by atoms with Gasteiger partial charge in [-0.3, -0.25) is 4.98 Å². The van der Waals surface area contributed by atoms with Crippen LogP contribution in [0.15, 0.2) is 60.8 Å². The molecular weight excluding hydrogens is 318 g/mol. The highest BCUT2D eigenvalue weighted by molar-refractivity contribution is 5.85.